The minimum Gasteiger partial charge on any atom is -0.494 e. The zero-order valence-corrected chi connectivity index (χ0v) is 11.9. The number of anilines is 1. The van der Waals surface area contributed by atoms with Gasteiger partial charge in [0.2, 0.25) is 0 Å². The second-order valence-corrected chi connectivity index (χ2v) is 4.53. The van der Waals surface area contributed by atoms with Crippen molar-refractivity contribution in [3.63, 3.8) is 0 Å². The van der Waals surface area contributed by atoms with E-state index in [1.165, 1.54) is 19.2 Å². The van der Waals surface area contributed by atoms with Crippen molar-refractivity contribution in [2.24, 2.45) is 0 Å². The normalized spacial score (nSPS) is 11.8. The SMILES string of the molecule is CCCC(C)N(C)C(=O)Nc1ccc(OC)c(F)c1. The van der Waals surface area contributed by atoms with Gasteiger partial charge in [-0.2, -0.15) is 0 Å². The van der Waals surface area contributed by atoms with Gasteiger partial charge in [-0.3, -0.25) is 0 Å². The molecule has 4 nitrogen and oxygen atoms in total. The average molecular weight is 268 g/mol. The first-order chi connectivity index (χ1) is 8.99. The predicted molar refractivity (Wildman–Crippen MR) is 74.1 cm³/mol. The van der Waals surface area contributed by atoms with Crippen LogP contribution in [0, 0.1) is 5.82 Å². The lowest BCUT2D eigenvalue weighted by Crippen LogP contribution is -2.38. The number of hydrogen-bond acceptors (Lipinski definition) is 2. The highest BCUT2D eigenvalue weighted by atomic mass is 19.1. The summed E-state index contributed by atoms with van der Waals surface area (Å²) in [7, 11) is 3.13. The van der Waals surface area contributed by atoms with Crippen molar-refractivity contribution in [3.8, 4) is 5.75 Å². The Balaban J connectivity index is 2.69. The molecule has 0 heterocycles. The Morgan fingerprint density at radius 2 is 2.21 bits per heavy atom. The zero-order valence-electron chi connectivity index (χ0n) is 11.9. The van der Waals surface area contributed by atoms with E-state index in [9.17, 15) is 9.18 Å². The number of carbonyl (C=O) groups is 1. The topological polar surface area (TPSA) is 41.6 Å². The van der Waals surface area contributed by atoms with E-state index in [0.29, 0.717) is 5.69 Å². The smallest absolute Gasteiger partial charge is 0.321 e. The molecule has 0 aliphatic heterocycles. The van der Waals surface area contributed by atoms with E-state index in [1.54, 1.807) is 18.0 Å². The summed E-state index contributed by atoms with van der Waals surface area (Å²) < 4.78 is 18.3. The number of rotatable bonds is 5. The fourth-order valence-corrected chi connectivity index (χ4v) is 1.77. The summed E-state index contributed by atoms with van der Waals surface area (Å²) in [4.78, 5) is 13.6. The minimum absolute atomic E-state index is 0.146. The number of ether oxygens (including phenoxy) is 1. The lowest BCUT2D eigenvalue weighted by Gasteiger charge is -2.24. The highest BCUT2D eigenvalue weighted by Gasteiger charge is 2.15. The Labute approximate surface area is 113 Å². The highest BCUT2D eigenvalue weighted by molar-refractivity contribution is 5.89. The van der Waals surface area contributed by atoms with Gasteiger partial charge in [0.05, 0.1) is 7.11 Å². The average Bonchev–Trinajstić information content (AvgIpc) is 2.38. The molecule has 1 rings (SSSR count). The highest BCUT2D eigenvalue weighted by Crippen LogP contribution is 2.21. The molecule has 0 radical (unpaired) electrons. The van der Waals surface area contributed by atoms with Gasteiger partial charge in [0, 0.05) is 24.8 Å². The Hall–Kier alpha value is -1.78. The number of urea groups is 1. The molecule has 106 valence electrons. The summed E-state index contributed by atoms with van der Waals surface area (Å²) in [5, 5.41) is 2.66. The maximum absolute atomic E-state index is 13.5. The van der Waals surface area contributed by atoms with Crippen LogP contribution in [0.25, 0.3) is 0 Å². The maximum Gasteiger partial charge on any atom is 0.321 e. The fourth-order valence-electron chi connectivity index (χ4n) is 1.77. The number of amides is 2. The van der Waals surface area contributed by atoms with Crippen LogP contribution >= 0.6 is 0 Å². The third kappa shape index (κ3) is 4.12. The second-order valence-electron chi connectivity index (χ2n) is 4.53. The molecule has 0 aromatic heterocycles. The van der Waals surface area contributed by atoms with Gasteiger partial charge in [-0.1, -0.05) is 13.3 Å². The van der Waals surface area contributed by atoms with Gasteiger partial charge >= 0.3 is 6.03 Å². The van der Waals surface area contributed by atoms with Crippen molar-refractivity contribution in [1.29, 1.82) is 0 Å². The molecule has 1 aromatic rings. The molecule has 19 heavy (non-hydrogen) atoms. The van der Waals surface area contributed by atoms with E-state index in [0.717, 1.165) is 12.8 Å². The summed E-state index contributed by atoms with van der Waals surface area (Å²) in [5.74, 6) is -0.338. The van der Waals surface area contributed by atoms with Crippen molar-refractivity contribution in [2.45, 2.75) is 32.7 Å². The molecule has 1 aromatic carbocycles. The van der Waals surface area contributed by atoms with E-state index in [1.807, 2.05) is 6.92 Å². The van der Waals surface area contributed by atoms with Crippen LogP contribution in [0.3, 0.4) is 0 Å². The fraction of sp³-hybridized carbons (Fsp3) is 0.500. The number of halogens is 1. The van der Waals surface area contributed by atoms with Crippen molar-refractivity contribution < 1.29 is 13.9 Å². The first-order valence-electron chi connectivity index (χ1n) is 6.37. The minimum atomic E-state index is -0.496. The van der Waals surface area contributed by atoms with E-state index in [-0.39, 0.29) is 17.8 Å². The van der Waals surface area contributed by atoms with Gasteiger partial charge in [-0.25, -0.2) is 9.18 Å². The second kappa shape index (κ2) is 6.97. The number of hydrogen-bond donors (Lipinski definition) is 1. The summed E-state index contributed by atoms with van der Waals surface area (Å²) in [6.07, 6.45) is 1.94. The summed E-state index contributed by atoms with van der Waals surface area (Å²) in [6, 6.07) is 4.24. The van der Waals surface area contributed by atoms with Crippen molar-refractivity contribution in [2.75, 3.05) is 19.5 Å². The first-order valence-corrected chi connectivity index (χ1v) is 6.37. The van der Waals surface area contributed by atoms with E-state index < -0.39 is 5.82 Å². The number of benzene rings is 1. The molecule has 1 unspecified atom stereocenters. The molecule has 1 atom stereocenters. The Kier molecular flexibility index (Phi) is 5.60. The summed E-state index contributed by atoms with van der Waals surface area (Å²) >= 11 is 0. The predicted octanol–water partition coefficient (Wildman–Crippen LogP) is 3.49. The van der Waals surface area contributed by atoms with E-state index >= 15 is 0 Å². The number of nitrogens with zero attached hydrogens (tertiary/aromatic N) is 1. The van der Waals surface area contributed by atoms with E-state index in [2.05, 4.69) is 12.2 Å². The third-order valence-corrected chi connectivity index (χ3v) is 3.09. The van der Waals surface area contributed by atoms with Gasteiger partial charge in [0.1, 0.15) is 0 Å². The molecular weight excluding hydrogens is 247 g/mol. The van der Waals surface area contributed by atoms with Crippen LogP contribution in [0.15, 0.2) is 18.2 Å². The number of methoxy groups -OCH3 is 1. The van der Waals surface area contributed by atoms with Crippen molar-refractivity contribution in [3.05, 3.63) is 24.0 Å². The van der Waals surface area contributed by atoms with Crippen LogP contribution in [-0.4, -0.2) is 31.1 Å². The number of nitrogens with one attached hydrogen (secondary N) is 1. The van der Waals surface area contributed by atoms with Crippen molar-refractivity contribution >= 4 is 11.7 Å². The summed E-state index contributed by atoms with van der Waals surface area (Å²) in [5.41, 5.74) is 0.416. The van der Waals surface area contributed by atoms with Gasteiger partial charge in [0.25, 0.3) is 0 Å². The molecular formula is C14H21FN2O2. The van der Waals surface area contributed by atoms with Crippen molar-refractivity contribution in [1.82, 2.24) is 4.90 Å². The maximum atomic E-state index is 13.5. The van der Waals surface area contributed by atoms with Crippen LogP contribution in [0.4, 0.5) is 14.9 Å². The molecule has 0 fully saturated rings. The first kappa shape index (κ1) is 15.3. The molecule has 5 heteroatoms. The number of carbonyl (C=O) groups excluding carboxylic acids is 1. The molecule has 0 spiro atoms. The molecule has 0 aliphatic rings. The molecule has 0 saturated carbocycles. The van der Waals surface area contributed by atoms with Crippen LogP contribution in [0.2, 0.25) is 0 Å². The van der Waals surface area contributed by atoms with Gasteiger partial charge < -0.3 is 15.0 Å². The summed E-state index contributed by atoms with van der Waals surface area (Å²) in [6.45, 7) is 4.05. The standard InChI is InChI=1S/C14H21FN2O2/c1-5-6-10(2)17(3)14(18)16-11-7-8-13(19-4)12(15)9-11/h7-10H,5-6H2,1-4H3,(H,16,18). The van der Waals surface area contributed by atoms with E-state index in [4.69, 9.17) is 4.74 Å². The monoisotopic (exact) mass is 268 g/mol. The Morgan fingerprint density at radius 1 is 1.53 bits per heavy atom. The Bertz CT molecular complexity index is 437. The largest absolute Gasteiger partial charge is 0.494 e. The van der Waals surface area contributed by atoms with Crippen LogP contribution in [0.5, 0.6) is 5.75 Å². The lowest BCUT2D eigenvalue weighted by molar-refractivity contribution is 0.205. The Morgan fingerprint density at radius 3 is 2.74 bits per heavy atom. The van der Waals surface area contributed by atoms with Gasteiger partial charge in [-0.15, -0.1) is 0 Å². The molecule has 1 N–H and O–H groups in total. The van der Waals surface area contributed by atoms with Gasteiger partial charge in [0.15, 0.2) is 11.6 Å². The van der Waals surface area contributed by atoms with Crippen LogP contribution in [0.1, 0.15) is 26.7 Å². The quantitative estimate of drug-likeness (QED) is 0.888. The lowest BCUT2D eigenvalue weighted by atomic mass is 10.2. The third-order valence-electron chi connectivity index (χ3n) is 3.09. The molecule has 0 aliphatic carbocycles. The van der Waals surface area contributed by atoms with Crippen LogP contribution < -0.4 is 10.1 Å². The molecule has 0 bridgehead atoms. The molecule has 0 saturated heterocycles. The molecule has 2 amide bonds. The zero-order chi connectivity index (χ0) is 14.4. The van der Waals surface area contributed by atoms with Crippen LogP contribution in [-0.2, 0) is 0 Å². The van der Waals surface area contributed by atoms with Gasteiger partial charge in [-0.05, 0) is 25.5 Å².